The van der Waals surface area contributed by atoms with E-state index >= 15 is 0 Å². The standard InChI is InChI=1S/C31H22O3S/c32-30(21-26-12-7-19-35-26)33-25-15-13-22-14-16-29-27(28(22)20-25)17-18-31(34-29,23-8-3-1-4-9-23)24-10-5-2-6-11-24/h1-20H,21H2. The predicted octanol–water partition coefficient (Wildman–Crippen LogP) is 7.40. The van der Waals surface area contributed by atoms with Crippen LogP contribution in [0.3, 0.4) is 0 Å². The molecule has 6 rings (SSSR count). The van der Waals surface area contributed by atoms with Gasteiger partial charge in [0.25, 0.3) is 0 Å². The summed E-state index contributed by atoms with van der Waals surface area (Å²) in [6.45, 7) is 0. The number of fused-ring (bicyclic) bond motifs is 3. The molecule has 0 fully saturated rings. The number of rotatable bonds is 5. The third-order valence-corrected chi connectivity index (χ3v) is 7.16. The van der Waals surface area contributed by atoms with Crippen molar-refractivity contribution in [3.8, 4) is 11.5 Å². The number of ether oxygens (including phenoxy) is 2. The van der Waals surface area contributed by atoms with E-state index in [1.807, 2.05) is 84.2 Å². The third kappa shape index (κ3) is 4.02. The fourth-order valence-corrected chi connectivity index (χ4v) is 5.30. The fourth-order valence-electron chi connectivity index (χ4n) is 4.61. The molecule has 0 radical (unpaired) electrons. The summed E-state index contributed by atoms with van der Waals surface area (Å²) < 4.78 is 12.5. The molecule has 0 unspecified atom stereocenters. The van der Waals surface area contributed by atoms with E-state index in [0.29, 0.717) is 5.75 Å². The summed E-state index contributed by atoms with van der Waals surface area (Å²) in [5.74, 6) is 1.05. The average Bonchev–Trinajstić information content (AvgIpc) is 3.42. The first-order chi connectivity index (χ1) is 17.2. The fraction of sp³-hybridized carbons (Fsp3) is 0.0645. The van der Waals surface area contributed by atoms with Crippen molar-refractivity contribution in [1.82, 2.24) is 0 Å². The van der Waals surface area contributed by atoms with E-state index in [1.54, 1.807) is 11.3 Å². The second-order valence-corrected chi connectivity index (χ2v) is 9.53. The topological polar surface area (TPSA) is 35.5 Å². The Morgan fingerprint density at radius 3 is 2.23 bits per heavy atom. The number of carbonyl (C=O) groups excluding carboxylic acids is 1. The normalized spacial score (nSPS) is 13.7. The first-order valence-electron chi connectivity index (χ1n) is 11.5. The lowest BCUT2D eigenvalue weighted by atomic mass is 9.83. The summed E-state index contributed by atoms with van der Waals surface area (Å²) >= 11 is 1.55. The van der Waals surface area contributed by atoms with Gasteiger partial charge in [0.1, 0.15) is 11.5 Å². The van der Waals surface area contributed by atoms with Crippen LogP contribution >= 0.6 is 11.3 Å². The van der Waals surface area contributed by atoms with Gasteiger partial charge in [-0.15, -0.1) is 11.3 Å². The van der Waals surface area contributed by atoms with Crippen molar-refractivity contribution in [2.45, 2.75) is 12.0 Å². The smallest absolute Gasteiger partial charge is 0.316 e. The molecule has 5 aromatic rings. The Morgan fingerprint density at radius 1 is 0.829 bits per heavy atom. The zero-order chi connectivity index (χ0) is 23.7. The van der Waals surface area contributed by atoms with Crippen molar-refractivity contribution < 1.29 is 14.3 Å². The molecule has 1 aromatic heterocycles. The monoisotopic (exact) mass is 474 g/mol. The molecule has 0 saturated carbocycles. The third-order valence-electron chi connectivity index (χ3n) is 6.29. The van der Waals surface area contributed by atoms with Crippen molar-refractivity contribution in [2.24, 2.45) is 0 Å². The summed E-state index contributed by atoms with van der Waals surface area (Å²) in [6.07, 6.45) is 4.51. The Morgan fingerprint density at radius 2 is 1.54 bits per heavy atom. The number of hydrogen-bond donors (Lipinski definition) is 0. The summed E-state index contributed by atoms with van der Waals surface area (Å²) in [5, 5.41) is 4.00. The summed E-state index contributed by atoms with van der Waals surface area (Å²) in [7, 11) is 0. The van der Waals surface area contributed by atoms with Gasteiger partial charge in [-0.05, 0) is 52.6 Å². The lowest BCUT2D eigenvalue weighted by Crippen LogP contribution is -2.34. The highest BCUT2D eigenvalue weighted by Gasteiger charge is 2.37. The highest BCUT2D eigenvalue weighted by molar-refractivity contribution is 7.10. The lowest BCUT2D eigenvalue weighted by molar-refractivity contribution is -0.133. The second-order valence-electron chi connectivity index (χ2n) is 8.49. The minimum absolute atomic E-state index is 0.266. The van der Waals surface area contributed by atoms with Gasteiger partial charge in [-0.1, -0.05) is 78.9 Å². The van der Waals surface area contributed by atoms with E-state index in [4.69, 9.17) is 9.47 Å². The number of hydrogen-bond acceptors (Lipinski definition) is 4. The molecule has 0 atom stereocenters. The first kappa shape index (κ1) is 21.4. The van der Waals surface area contributed by atoms with Crippen LogP contribution in [0, 0.1) is 0 Å². The van der Waals surface area contributed by atoms with Crippen LogP contribution < -0.4 is 9.47 Å². The SMILES string of the molecule is O=C(Cc1cccs1)Oc1ccc2ccc3c(c2c1)C=CC(c1ccccc1)(c1ccccc1)O3. The van der Waals surface area contributed by atoms with Crippen molar-refractivity contribution >= 4 is 34.2 Å². The maximum absolute atomic E-state index is 12.4. The van der Waals surface area contributed by atoms with Crippen LogP contribution in [-0.4, -0.2) is 5.97 Å². The largest absolute Gasteiger partial charge is 0.473 e. The molecule has 1 aliphatic heterocycles. The van der Waals surface area contributed by atoms with Crippen LogP contribution in [-0.2, 0) is 16.8 Å². The lowest BCUT2D eigenvalue weighted by Gasteiger charge is -2.36. The molecular formula is C31H22O3S. The van der Waals surface area contributed by atoms with Gasteiger partial charge in [0.2, 0.25) is 0 Å². The molecule has 170 valence electrons. The van der Waals surface area contributed by atoms with Gasteiger partial charge in [0.15, 0.2) is 5.60 Å². The summed E-state index contributed by atoms with van der Waals surface area (Å²) in [4.78, 5) is 13.4. The Kier molecular flexibility index (Phi) is 5.44. The molecule has 4 aromatic carbocycles. The predicted molar refractivity (Wildman–Crippen MR) is 141 cm³/mol. The van der Waals surface area contributed by atoms with Crippen molar-refractivity contribution in [2.75, 3.05) is 0 Å². The highest BCUT2D eigenvalue weighted by Crippen LogP contribution is 2.44. The van der Waals surface area contributed by atoms with E-state index in [0.717, 1.165) is 38.1 Å². The Balaban J connectivity index is 1.39. The first-order valence-corrected chi connectivity index (χ1v) is 12.4. The molecule has 0 aliphatic carbocycles. The van der Waals surface area contributed by atoms with E-state index < -0.39 is 5.60 Å². The van der Waals surface area contributed by atoms with Crippen LogP contribution in [0.4, 0.5) is 0 Å². The maximum Gasteiger partial charge on any atom is 0.316 e. The molecule has 1 aliphatic rings. The van der Waals surface area contributed by atoms with Gasteiger partial charge < -0.3 is 9.47 Å². The Bertz CT molecular complexity index is 1480. The quantitative estimate of drug-likeness (QED) is 0.197. The molecule has 0 amide bonds. The molecule has 0 N–H and O–H groups in total. The van der Waals surface area contributed by atoms with Crippen molar-refractivity contribution in [1.29, 1.82) is 0 Å². The van der Waals surface area contributed by atoms with Gasteiger partial charge in [0.05, 0.1) is 6.42 Å². The Hall–Kier alpha value is -4.15. The van der Waals surface area contributed by atoms with E-state index in [2.05, 4.69) is 36.4 Å². The molecule has 4 heteroatoms. The van der Waals surface area contributed by atoms with Crippen LogP contribution in [0.2, 0.25) is 0 Å². The summed E-state index contributed by atoms with van der Waals surface area (Å²) in [6, 6.07) is 34.2. The van der Waals surface area contributed by atoms with Crippen LogP contribution in [0.1, 0.15) is 21.6 Å². The molecule has 3 nitrogen and oxygen atoms in total. The molecule has 0 spiro atoms. The minimum Gasteiger partial charge on any atom is -0.473 e. The summed E-state index contributed by atoms with van der Waals surface area (Å²) in [5.41, 5.74) is 2.36. The second kappa shape index (κ2) is 8.90. The van der Waals surface area contributed by atoms with Crippen LogP contribution in [0.25, 0.3) is 16.8 Å². The molecular weight excluding hydrogens is 452 g/mol. The minimum atomic E-state index is -0.728. The molecule has 0 saturated heterocycles. The van der Waals surface area contributed by atoms with Gasteiger partial charge in [-0.3, -0.25) is 4.79 Å². The van der Waals surface area contributed by atoms with Crippen molar-refractivity contribution in [3.63, 3.8) is 0 Å². The van der Waals surface area contributed by atoms with Gasteiger partial charge in [-0.25, -0.2) is 0 Å². The number of benzene rings is 4. The highest BCUT2D eigenvalue weighted by atomic mass is 32.1. The maximum atomic E-state index is 12.4. The van der Waals surface area contributed by atoms with Gasteiger partial charge in [0, 0.05) is 21.6 Å². The van der Waals surface area contributed by atoms with Crippen LogP contribution in [0.5, 0.6) is 11.5 Å². The number of esters is 1. The number of carbonyl (C=O) groups is 1. The zero-order valence-corrected chi connectivity index (χ0v) is 19.7. The number of thiophene rings is 1. The Labute approximate surface area is 207 Å². The average molecular weight is 475 g/mol. The van der Waals surface area contributed by atoms with Gasteiger partial charge >= 0.3 is 5.97 Å². The van der Waals surface area contributed by atoms with Crippen molar-refractivity contribution in [3.05, 3.63) is 136 Å². The van der Waals surface area contributed by atoms with Gasteiger partial charge in [-0.2, -0.15) is 0 Å². The van der Waals surface area contributed by atoms with E-state index in [1.165, 1.54) is 0 Å². The van der Waals surface area contributed by atoms with Crippen LogP contribution in [0.15, 0.2) is 115 Å². The molecule has 2 heterocycles. The molecule has 35 heavy (non-hydrogen) atoms. The van der Waals surface area contributed by atoms with E-state index in [-0.39, 0.29) is 12.4 Å². The zero-order valence-electron chi connectivity index (χ0n) is 18.9. The molecule has 0 bridgehead atoms. The van der Waals surface area contributed by atoms with E-state index in [9.17, 15) is 4.79 Å².